The Morgan fingerprint density at radius 2 is 2.19 bits per heavy atom. The number of hydrazone groups is 1. The molecule has 2 rings (SSSR count). The SMILES string of the molecule is O=C(CCN1CCOCC1)N/N=C\c1cc([N+](=O)[O-])ccc1OC(F)F. The molecule has 0 spiro atoms. The van der Waals surface area contributed by atoms with Gasteiger partial charge in [0.2, 0.25) is 5.91 Å². The summed E-state index contributed by atoms with van der Waals surface area (Å²) in [5.74, 6) is -0.647. The van der Waals surface area contributed by atoms with Crippen LogP contribution >= 0.6 is 0 Å². The number of halogens is 2. The molecule has 0 unspecified atom stereocenters. The van der Waals surface area contributed by atoms with Gasteiger partial charge in [-0.2, -0.15) is 13.9 Å². The molecule has 0 radical (unpaired) electrons. The Hall–Kier alpha value is -2.66. The van der Waals surface area contributed by atoms with Gasteiger partial charge in [-0.3, -0.25) is 19.8 Å². The quantitative estimate of drug-likeness (QED) is 0.420. The van der Waals surface area contributed by atoms with Crippen molar-refractivity contribution in [1.29, 1.82) is 0 Å². The lowest BCUT2D eigenvalue weighted by Crippen LogP contribution is -2.38. The molecule has 0 atom stereocenters. The molecule has 1 fully saturated rings. The molecule has 1 aromatic carbocycles. The average Bonchev–Trinajstić information content (AvgIpc) is 2.61. The fourth-order valence-corrected chi connectivity index (χ4v) is 2.27. The van der Waals surface area contributed by atoms with E-state index in [1.165, 1.54) is 0 Å². The van der Waals surface area contributed by atoms with Crippen molar-refractivity contribution in [1.82, 2.24) is 10.3 Å². The van der Waals surface area contributed by atoms with Crippen LogP contribution < -0.4 is 10.2 Å². The van der Waals surface area contributed by atoms with Gasteiger partial charge in [-0.25, -0.2) is 5.43 Å². The number of rotatable bonds is 8. The Kier molecular flexibility index (Phi) is 7.36. The molecule has 1 aliphatic rings. The molecule has 1 amide bonds. The van der Waals surface area contributed by atoms with Crippen molar-refractivity contribution in [3.63, 3.8) is 0 Å². The first-order valence-electron chi connectivity index (χ1n) is 7.81. The summed E-state index contributed by atoms with van der Waals surface area (Å²) in [5, 5.41) is 14.5. The molecule has 142 valence electrons. The summed E-state index contributed by atoms with van der Waals surface area (Å²) in [7, 11) is 0. The number of nitro benzene ring substituents is 1. The van der Waals surface area contributed by atoms with E-state index in [0.29, 0.717) is 19.8 Å². The van der Waals surface area contributed by atoms with Crippen LogP contribution in [-0.2, 0) is 9.53 Å². The second-order valence-electron chi connectivity index (χ2n) is 5.35. The predicted octanol–water partition coefficient (Wildman–Crippen LogP) is 1.37. The van der Waals surface area contributed by atoms with Gasteiger partial charge in [-0.05, 0) is 6.07 Å². The zero-order valence-corrected chi connectivity index (χ0v) is 13.8. The first-order valence-corrected chi connectivity index (χ1v) is 7.81. The maximum absolute atomic E-state index is 12.4. The highest BCUT2D eigenvalue weighted by Crippen LogP contribution is 2.24. The van der Waals surface area contributed by atoms with Crippen LogP contribution in [-0.4, -0.2) is 61.4 Å². The lowest BCUT2D eigenvalue weighted by atomic mass is 10.2. The number of ether oxygens (including phenoxy) is 2. The van der Waals surface area contributed by atoms with Crippen LogP contribution in [0.25, 0.3) is 0 Å². The van der Waals surface area contributed by atoms with Crippen LogP contribution in [0.2, 0.25) is 0 Å². The molecule has 1 aliphatic heterocycles. The predicted molar refractivity (Wildman–Crippen MR) is 87.3 cm³/mol. The van der Waals surface area contributed by atoms with Crippen LogP contribution in [0.1, 0.15) is 12.0 Å². The minimum atomic E-state index is -3.09. The van der Waals surface area contributed by atoms with Crippen LogP contribution in [0.4, 0.5) is 14.5 Å². The number of nitrogens with one attached hydrogen (secondary N) is 1. The van der Waals surface area contributed by atoms with Crippen LogP contribution in [0, 0.1) is 10.1 Å². The molecule has 0 bridgehead atoms. The third-order valence-corrected chi connectivity index (χ3v) is 3.57. The van der Waals surface area contributed by atoms with E-state index in [0.717, 1.165) is 37.5 Å². The monoisotopic (exact) mass is 372 g/mol. The lowest BCUT2D eigenvalue weighted by Gasteiger charge is -2.25. The fourth-order valence-electron chi connectivity index (χ4n) is 2.27. The number of alkyl halides is 2. The normalized spacial score (nSPS) is 15.3. The number of carbonyl (C=O) groups is 1. The van der Waals surface area contributed by atoms with E-state index >= 15 is 0 Å². The van der Waals surface area contributed by atoms with Crippen molar-refractivity contribution in [2.24, 2.45) is 5.10 Å². The summed E-state index contributed by atoms with van der Waals surface area (Å²) in [6, 6.07) is 3.11. The highest BCUT2D eigenvalue weighted by Gasteiger charge is 2.14. The molecule has 1 saturated heterocycles. The highest BCUT2D eigenvalue weighted by atomic mass is 19.3. The van der Waals surface area contributed by atoms with E-state index in [1.54, 1.807) is 0 Å². The van der Waals surface area contributed by atoms with Gasteiger partial charge in [0.15, 0.2) is 0 Å². The van der Waals surface area contributed by atoms with Crippen molar-refractivity contribution in [2.45, 2.75) is 13.0 Å². The molecular weight excluding hydrogens is 354 g/mol. The Balaban J connectivity index is 1.93. The Morgan fingerprint density at radius 1 is 1.46 bits per heavy atom. The first-order chi connectivity index (χ1) is 12.5. The van der Waals surface area contributed by atoms with Crippen molar-refractivity contribution in [2.75, 3.05) is 32.8 Å². The Morgan fingerprint density at radius 3 is 2.85 bits per heavy atom. The van der Waals surface area contributed by atoms with Crippen LogP contribution in [0.3, 0.4) is 0 Å². The molecule has 9 nitrogen and oxygen atoms in total. The van der Waals surface area contributed by atoms with Gasteiger partial charge >= 0.3 is 6.61 Å². The minimum absolute atomic E-state index is 0.0482. The number of benzene rings is 1. The van der Waals surface area contributed by atoms with E-state index in [-0.39, 0.29) is 29.3 Å². The topological polar surface area (TPSA) is 106 Å². The summed E-state index contributed by atoms with van der Waals surface area (Å²) in [4.78, 5) is 24.0. The van der Waals surface area contributed by atoms with Crippen LogP contribution in [0.15, 0.2) is 23.3 Å². The zero-order valence-electron chi connectivity index (χ0n) is 13.8. The number of non-ortho nitro benzene ring substituents is 1. The van der Waals surface area contributed by atoms with E-state index in [9.17, 15) is 23.7 Å². The molecule has 0 aliphatic carbocycles. The summed E-state index contributed by atoms with van der Waals surface area (Å²) in [5.41, 5.74) is 1.90. The number of hydrogen-bond acceptors (Lipinski definition) is 7. The van der Waals surface area contributed by atoms with Gasteiger partial charge in [-0.15, -0.1) is 0 Å². The van der Waals surface area contributed by atoms with Crippen LogP contribution in [0.5, 0.6) is 5.75 Å². The van der Waals surface area contributed by atoms with Gasteiger partial charge in [0.1, 0.15) is 5.75 Å². The smallest absolute Gasteiger partial charge is 0.387 e. The van der Waals surface area contributed by atoms with E-state index in [1.807, 2.05) is 0 Å². The molecular formula is C15H18F2N4O5. The second kappa shape index (κ2) is 9.73. The summed E-state index contributed by atoms with van der Waals surface area (Å²) in [6.45, 7) is 0.198. The number of morpholine rings is 1. The van der Waals surface area contributed by atoms with Gasteiger partial charge < -0.3 is 9.47 Å². The molecule has 11 heteroatoms. The molecule has 1 N–H and O–H groups in total. The summed E-state index contributed by atoms with van der Waals surface area (Å²) in [6.07, 6.45) is 1.23. The van der Waals surface area contributed by atoms with Crippen molar-refractivity contribution >= 4 is 17.8 Å². The summed E-state index contributed by atoms with van der Waals surface area (Å²) >= 11 is 0. The van der Waals surface area contributed by atoms with E-state index in [4.69, 9.17) is 4.74 Å². The number of nitro groups is 1. The fraction of sp³-hybridized carbons (Fsp3) is 0.467. The molecule has 1 aromatic rings. The van der Waals surface area contributed by atoms with E-state index < -0.39 is 11.5 Å². The highest BCUT2D eigenvalue weighted by molar-refractivity contribution is 5.86. The third-order valence-electron chi connectivity index (χ3n) is 3.57. The average molecular weight is 372 g/mol. The standard InChI is InChI=1S/C15H18F2N4O5/c16-15(17)26-13-2-1-12(21(23)24)9-11(13)10-18-19-14(22)3-4-20-5-7-25-8-6-20/h1-2,9-10,15H,3-8H2,(H,19,22)/b18-10-. The number of carbonyl (C=O) groups excluding carboxylic acids is 1. The third kappa shape index (κ3) is 6.33. The van der Waals surface area contributed by atoms with Crippen molar-refractivity contribution in [3.05, 3.63) is 33.9 Å². The first kappa shape index (κ1) is 19.7. The second-order valence-corrected chi connectivity index (χ2v) is 5.35. The van der Waals surface area contributed by atoms with Crippen molar-refractivity contribution in [3.8, 4) is 5.75 Å². The summed E-state index contributed by atoms with van der Waals surface area (Å²) < 4.78 is 34.3. The van der Waals surface area contributed by atoms with Gasteiger partial charge in [0.05, 0.1) is 24.4 Å². The molecule has 0 saturated carbocycles. The Bertz CT molecular complexity index is 665. The Labute approximate surface area is 147 Å². The zero-order chi connectivity index (χ0) is 18.9. The van der Waals surface area contributed by atoms with Gasteiger partial charge in [0, 0.05) is 43.8 Å². The number of amides is 1. The minimum Gasteiger partial charge on any atom is -0.434 e. The maximum atomic E-state index is 12.4. The molecule has 26 heavy (non-hydrogen) atoms. The van der Waals surface area contributed by atoms with E-state index in [2.05, 4.69) is 20.2 Å². The maximum Gasteiger partial charge on any atom is 0.387 e. The number of hydrogen-bond donors (Lipinski definition) is 1. The largest absolute Gasteiger partial charge is 0.434 e. The van der Waals surface area contributed by atoms with Gasteiger partial charge in [-0.1, -0.05) is 0 Å². The molecule has 0 aromatic heterocycles. The molecule has 1 heterocycles. The lowest BCUT2D eigenvalue weighted by molar-refractivity contribution is -0.384. The van der Waals surface area contributed by atoms with Gasteiger partial charge in [0.25, 0.3) is 5.69 Å². The number of nitrogens with zero attached hydrogens (tertiary/aromatic N) is 3. The van der Waals surface area contributed by atoms with Crippen molar-refractivity contribution < 1.29 is 28.0 Å².